The molecule has 0 spiro atoms. The SMILES string of the molecule is CC[Si](CC)(CC)OC[Si](OC)(OC)OC. The molecular formula is C10H26O4Si2. The lowest BCUT2D eigenvalue weighted by molar-refractivity contribution is 0.0979. The van der Waals surface area contributed by atoms with Gasteiger partial charge in [0.1, 0.15) is 6.23 Å². The summed E-state index contributed by atoms with van der Waals surface area (Å²) in [5, 5.41) is 0. The summed E-state index contributed by atoms with van der Waals surface area (Å²) in [7, 11) is 0.717. The summed E-state index contributed by atoms with van der Waals surface area (Å²) >= 11 is 0. The van der Waals surface area contributed by atoms with E-state index in [-0.39, 0.29) is 0 Å². The first kappa shape index (κ1) is 16.3. The number of rotatable bonds is 9. The minimum Gasteiger partial charge on any atom is -0.412 e. The van der Waals surface area contributed by atoms with Gasteiger partial charge in [-0.15, -0.1) is 0 Å². The summed E-state index contributed by atoms with van der Waals surface area (Å²) in [6.07, 6.45) is 0.470. The molecule has 0 bridgehead atoms. The molecule has 0 rings (SSSR count). The standard InChI is InChI=1S/C10H26O4Si2/c1-7-15(8-2,9-3)14-10-16(11-4,12-5)13-6/h7-10H2,1-6H3. The Morgan fingerprint density at radius 3 is 1.38 bits per heavy atom. The van der Waals surface area contributed by atoms with Crippen LogP contribution in [0.25, 0.3) is 0 Å². The first-order chi connectivity index (χ1) is 7.57. The molecule has 0 radical (unpaired) electrons. The Balaban J connectivity index is 4.48. The molecule has 0 aliphatic heterocycles. The van der Waals surface area contributed by atoms with Gasteiger partial charge in [0.15, 0.2) is 8.32 Å². The Bertz CT molecular complexity index is 145. The van der Waals surface area contributed by atoms with E-state index in [0.717, 1.165) is 18.1 Å². The smallest absolute Gasteiger partial charge is 0.412 e. The highest BCUT2D eigenvalue weighted by molar-refractivity contribution is 6.74. The van der Waals surface area contributed by atoms with Crippen molar-refractivity contribution in [1.29, 1.82) is 0 Å². The molecule has 0 atom stereocenters. The van der Waals surface area contributed by atoms with E-state index in [1.54, 1.807) is 21.3 Å². The lowest BCUT2D eigenvalue weighted by Crippen LogP contribution is -2.52. The molecule has 0 aromatic rings. The van der Waals surface area contributed by atoms with Gasteiger partial charge in [0.2, 0.25) is 0 Å². The minimum absolute atomic E-state index is 0.470. The fourth-order valence-corrected chi connectivity index (χ4v) is 6.62. The van der Waals surface area contributed by atoms with Gasteiger partial charge < -0.3 is 17.7 Å². The van der Waals surface area contributed by atoms with Crippen molar-refractivity contribution in [2.45, 2.75) is 38.9 Å². The first-order valence-electron chi connectivity index (χ1n) is 5.87. The summed E-state index contributed by atoms with van der Waals surface area (Å²) in [5.74, 6) is 0. The molecule has 4 nitrogen and oxygen atoms in total. The van der Waals surface area contributed by atoms with Crippen LogP contribution in [0.2, 0.25) is 18.1 Å². The van der Waals surface area contributed by atoms with Crippen LogP contribution in [-0.2, 0) is 17.7 Å². The van der Waals surface area contributed by atoms with Crippen molar-refractivity contribution in [3.8, 4) is 0 Å². The second-order valence-electron chi connectivity index (χ2n) is 3.83. The molecule has 0 aromatic heterocycles. The zero-order valence-corrected chi connectivity index (χ0v) is 13.5. The van der Waals surface area contributed by atoms with Crippen molar-refractivity contribution in [3.63, 3.8) is 0 Å². The lowest BCUT2D eigenvalue weighted by Gasteiger charge is -2.32. The zero-order chi connectivity index (χ0) is 12.7. The Morgan fingerprint density at radius 1 is 0.750 bits per heavy atom. The van der Waals surface area contributed by atoms with Gasteiger partial charge in [-0.25, -0.2) is 0 Å². The van der Waals surface area contributed by atoms with Crippen LogP contribution >= 0.6 is 0 Å². The Morgan fingerprint density at radius 2 is 1.12 bits per heavy atom. The molecule has 0 saturated heterocycles. The second-order valence-corrected chi connectivity index (χ2v) is 11.5. The summed E-state index contributed by atoms with van der Waals surface area (Å²) in [5.41, 5.74) is 0. The molecule has 0 aliphatic carbocycles. The first-order valence-corrected chi connectivity index (χ1v) is 10.3. The third kappa shape index (κ3) is 3.94. The van der Waals surface area contributed by atoms with Crippen molar-refractivity contribution in [2.75, 3.05) is 27.6 Å². The average Bonchev–Trinajstić information content (AvgIpc) is 2.37. The average molecular weight is 266 g/mol. The Kier molecular flexibility index (Phi) is 7.70. The van der Waals surface area contributed by atoms with E-state index < -0.39 is 17.1 Å². The minimum atomic E-state index is -2.56. The summed E-state index contributed by atoms with van der Waals surface area (Å²) in [6, 6.07) is 3.38. The molecule has 16 heavy (non-hydrogen) atoms. The number of hydrogen-bond acceptors (Lipinski definition) is 4. The molecule has 0 fully saturated rings. The van der Waals surface area contributed by atoms with E-state index in [9.17, 15) is 0 Å². The molecule has 0 amide bonds. The highest BCUT2D eigenvalue weighted by Crippen LogP contribution is 2.23. The molecule has 98 valence electrons. The molecule has 0 heterocycles. The summed E-state index contributed by atoms with van der Waals surface area (Å²) in [4.78, 5) is 0. The predicted octanol–water partition coefficient (Wildman–Crippen LogP) is 2.43. The second kappa shape index (κ2) is 7.57. The topological polar surface area (TPSA) is 36.9 Å². The van der Waals surface area contributed by atoms with Crippen molar-refractivity contribution < 1.29 is 17.7 Å². The van der Waals surface area contributed by atoms with Crippen LogP contribution in [0.1, 0.15) is 20.8 Å². The van der Waals surface area contributed by atoms with Gasteiger partial charge in [-0.1, -0.05) is 20.8 Å². The molecule has 0 N–H and O–H groups in total. The van der Waals surface area contributed by atoms with E-state index in [1.165, 1.54) is 0 Å². The van der Waals surface area contributed by atoms with Crippen LogP contribution in [0.4, 0.5) is 0 Å². The quantitative estimate of drug-likeness (QED) is 0.601. The van der Waals surface area contributed by atoms with Gasteiger partial charge in [0.05, 0.1) is 0 Å². The monoisotopic (exact) mass is 266 g/mol. The maximum atomic E-state index is 6.14. The maximum absolute atomic E-state index is 6.14. The van der Waals surface area contributed by atoms with E-state index in [1.807, 2.05) is 0 Å². The van der Waals surface area contributed by atoms with Gasteiger partial charge >= 0.3 is 8.80 Å². The van der Waals surface area contributed by atoms with Crippen molar-refractivity contribution in [2.24, 2.45) is 0 Å². The molecule has 6 heteroatoms. The van der Waals surface area contributed by atoms with E-state index in [2.05, 4.69) is 20.8 Å². The van der Waals surface area contributed by atoms with Crippen molar-refractivity contribution >= 4 is 17.1 Å². The van der Waals surface area contributed by atoms with Gasteiger partial charge in [0, 0.05) is 21.3 Å². The molecular weight excluding hydrogens is 240 g/mol. The third-order valence-electron chi connectivity index (χ3n) is 3.42. The van der Waals surface area contributed by atoms with Crippen molar-refractivity contribution in [1.82, 2.24) is 0 Å². The lowest BCUT2D eigenvalue weighted by atomic mass is 10.9. The number of hydrogen-bond donors (Lipinski definition) is 0. The van der Waals surface area contributed by atoms with Crippen LogP contribution in [0.5, 0.6) is 0 Å². The summed E-state index contributed by atoms with van der Waals surface area (Å²) in [6.45, 7) is 6.61. The van der Waals surface area contributed by atoms with E-state index in [0.29, 0.717) is 6.23 Å². The molecule has 0 aromatic carbocycles. The van der Waals surface area contributed by atoms with Gasteiger partial charge in [-0.3, -0.25) is 0 Å². The highest BCUT2D eigenvalue weighted by Gasteiger charge is 2.42. The van der Waals surface area contributed by atoms with E-state index >= 15 is 0 Å². The Hall–Kier alpha value is 0.274. The van der Waals surface area contributed by atoms with Crippen LogP contribution in [0.3, 0.4) is 0 Å². The molecule has 0 aliphatic rings. The highest BCUT2D eigenvalue weighted by atomic mass is 28.4. The van der Waals surface area contributed by atoms with Gasteiger partial charge in [-0.05, 0) is 18.1 Å². The predicted molar refractivity (Wildman–Crippen MR) is 69.9 cm³/mol. The van der Waals surface area contributed by atoms with E-state index in [4.69, 9.17) is 17.7 Å². The van der Waals surface area contributed by atoms with Gasteiger partial charge in [0.25, 0.3) is 0 Å². The zero-order valence-electron chi connectivity index (χ0n) is 11.5. The summed E-state index contributed by atoms with van der Waals surface area (Å²) < 4.78 is 22.2. The largest absolute Gasteiger partial charge is 0.525 e. The van der Waals surface area contributed by atoms with Gasteiger partial charge in [-0.2, -0.15) is 0 Å². The third-order valence-corrected chi connectivity index (χ3v) is 10.7. The normalized spacial score (nSPS) is 13.1. The van der Waals surface area contributed by atoms with Crippen LogP contribution in [-0.4, -0.2) is 44.7 Å². The van der Waals surface area contributed by atoms with Crippen molar-refractivity contribution in [3.05, 3.63) is 0 Å². The van der Waals surface area contributed by atoms with Crippen LogP contribution in [0, 0.1) is 0 Å². The van der Waals surface area contributed by atoms with Crippen LogP contribution < -0.4 is 0 Å². The Labute approximate surface area is 102 Å². The fourth-order valence-electron chi connectivity index (χ4n) is 1.72. The van der Waals surface area contributed by atoms with Crippen LogP contribution in [0.15, 0.2) is 0 Å². The maximum Gasteiger partial charge on any atom is 0.525 e. The molecule has 0 unspecified atom stereocenters. The fraction of sp³-hybridized carbons (Fsp3) is 1.00. The molecule has 0 saturated carbocycles.